The fourth-order valence-corrected chi connectivity index (χ4v) is 1.97. The van der Waals surface area contributed by atoms with Crippen molar-refractivity contribution < 1.29 is 4.74 Å². The van der Waals surface area contributed by atoms with E-state index in [1.165, 1.54) is 19.4 Å². The van der Waals surface area contributed by atoms with Crippen LogP contribution in [-0.4, -0.2) is 50.8 Å². The molecular formula is C10H22N2O. The Kier molecular flexibility index (Phi) is 4.70. The standard InChI is InChI=1S/C10H22N2O/c1-9-10(5-8-13-9)12(3)7-4-6-11-2/h9-11H,4-8H2,1-3H3. The predicted octanol–water partition coefficient (Wildman–Crippen LogP) is 0.705. The van der Waals surface area contributed by atoms with Crippen LogP contribution in [0.5, 0.6) is 0 Å². The first kappa shape index (κ1) is 11.0. The first-order valence-electron chi connectivity index (χ1n) is 5.22. The van der Waals surface area contributed by atoms with E-state index in [1.54, 1.807) is 0 Å². The third-order valence-electron chi connectivity index (χ3n) is 2.84. The molecule has 0 bridgehead atoms. The Hall–Kier alpha value is -0.120. The van der Waals surface area contributed by atoms with Crippen LogP contribution in [0.2, 0.25) is 0 Å². The zero-order valence-electron chi connectivity index (χ0n) is 9.05. The van der Waals surface area contributed by atoms with Crippen LogP contribution in [0.3, 0.4) is 0 Å². The van der Waals surface area contributed by atoms with Gasteiger partial charge < -0.3 is 15.0 Å². The molecule has 3 heteroatoms. The largest absolute Gasteiger partial charge is 0.377 e. The van der Waals surface area contributed by atoms with E-state index < -0.39 is 0 Å². The fourth-order valence-electron chi connectivity index (χ4n) is 1.97. The minimum absolute atomic E-state index is 0.416. The second kappa shape index (κ2) is 5.58. The van der Waals surface area contributed by atoms with Crippen molar-refractivity contribution in [3.63, 3.8) is 0 Å². The summed E-state index contributed by atoms with van der Waals surface area (Å²) < 4.78 is 5.54. The van der Waals surface area contributed by atoms with Crippen molar-refractivity contribution in [2.75, 3.05) is 33.8 Å². The highest BCUT2D eigenvalue weighted by atomic mass is 16.5. The minimum atomic E-state index is 0.416. The Balaban J connectivity index is 2.18. The van der Waals surface area contributed by atoms with E-state index in [1.807, 2.05) is 7.05 Å². The second-order valence-electron chi connectivity index (χ2n) is 3.87. The Morgan fingerprint density at radius 3 is 2.85 bits per heavy atom. The van der Waals surface area contributed by atoms with Gasteiger partial charge in [0.15, 0.2) is 0 Å². The van der Waals surface area contributed by atoms with Crippen LogP contribution >= 0.6 is 0 Å². The molecule has 0 aromatic carbocycles. The molecule has 1 aliphatic rings. The molecule has 0 saturated carbocycles. The molecule has 0 amide bonds. The van der Waals surface area contributed by atoms with Crippen molar-refractivity contribution in [2.24, 2.45) is 0 Å². The summed E-state index contributed by atoms with van der Waals surface area (Å²) in [6.45, 7) is 5.37. The maximum atomic E-state index is 5.54. The number of nitrogens with zero attached hydrogens (tertiary/aromatic N) is 1. The lowest BCUT2D eigenvalue weighted by molar-refractivity contribution is 0.0834. The van der Waals surface area contributed by atoms with Crippen LogP contribution in [0.15, 0.2) is 0 Å². The van der Waals surface area contributed by atoms with Gasteiger partial charge in [-0.25, -0.2) is 0 Å². The van der Waals surface area contributed by atoms with Crippen LogP contribution in [-0.2, 0) is 4.74 Å². The summed E-state index contributed by atoms with van der Waals surface area (Å²) in [7, 11) is 4.20. The lowest BCUT2D eigenvalue weighted by Gasteiger charge is -2.26. The second-order valence-corrected chi connectivity index (χ2v) is 3.87. The Bertz CT molecular complexity index is 141. The predicted molar refractivity (Wildman–Crippen MR) is 55.0 cm³/mol. The molecule has 1 N–H and O–H groups in total. The van der Waals surface area contributed by atoms with Crippen molar-refractivity contribution in [1.82, 2.24) is 10.2 Å². The van der Waals surface area contributed by atoms with E-state index in [0.29, 0.717) is 12.1 Å². The summed E-state index contributed by atoms with van der Waals surface area (Å²) in [5.41, 5.74) is 0. The van der Waals surface area contributed by atoms with Gasteiger partial charge >= 0.3 is 0 Å². The number of nitrogens with one attached hydrogen (secondary N) is 1. The van der Waals surface area contributed by atoms with Gasteiger partial charge in [0.1, 0.15) is 0 Å². The van der Waals surface area contributed by atoms with Crippen molar-refractivity contribution >= 4 is 0 Å². The summed E-state index contributed by atoms with van der Waals surface area (Å²) >= 11 is 0. The van der Waals surface area contributed by atoms with Crippen LogP contribution in [0.25, 0.3) is 0 Å². The number of hydrogen-bond donors (Lipinski definition) is 1. The number of hydrogen-bond acceptors (Lipinski definition) is 3. The molecule has 1 aliphatic heterocycles. The highest BCUT2D eigenvalue weighted by Gasteiger charge is 2.27. The maximum absolute atomic E-state index is 5.54. The van der Waals surface area contributed by atoms with Crippen LogP contribution in [0, 0.1) is 0 Å². The average Bonchev–Trinajstić information content (AvgIpc) is 2.52. The van der Waals surface area contributed by atoms with Gasteiger partial charge in [0.2, 0.25) is 0 Å². The number of likely N-dealkylation sites (N-methyl/N-ethyl adjacent to an activating group) is 1. The van der Waals surface area contributed by atoms with E-state index in [9.17, 15) is 0 Å². The highest BCUT2D eigenvalue weighted by Crippen LogP contribution is 2.17. The third-order valence-corrected chi connectivity index (χ3v) is 2.84. The van der Waals surface area contributed by atoms with Gasteiger partial charge in [-0.2, -0.15) is 0 Å². The molecular weight excluding hydrogens is 164 g/mol. The summed E-state index contributed by atoms with van der Waals surface area (Å²) in [6.07, 6.45) is 2.83. The number of rotatable bonds is 5. The van der Waals surface area contributed by atoms with Crippen molar-refractivity contribution in [2.45, 2.75) is 31.9 Å². The summed E-state index contributed by atoms with van der Waals surface area (Å²) in [5.74, 6) is 0. The zero-order valence-corrected chi connectivity index (χ0v) is 9.05. The fraction of sp³-hybridized carbons (Fsp3) is 1.00. The van der Waals surface area contributed by atoms with E-state index >= 15 is 0 Å². The summed E-state index contributed by atoms with van der Waals surface area (Å²) in [6, 6.07) is 0.636. The average molecular weight is 186 g/mol. The molecule has 13 heavy (non-hydrogen) atoms. The van der Waals surface area contributed by atoms with Gasteiger partial charge in [0.25, 0.3) is 0 Å². The van der Waals surface area contributed by atoms with Crippen LogP contribution in [0.1, 0.15) is 19.8 Å². The van der Waals surface area contributed by atoms with E-state index in [0.717, 1.165) is 13.2 Å². The first-order chi connectivity index (χ1) is 6.25. The Morgan fingerprint density at radius 1 is 1.54 bits per heavy atom. The van der Waals surface area contributed by atoms with Gasteiger partial charge in [0.05, 0.1) is 6.10 Å². The van der Waals surface area contributed by atoms with Gasteiger partial charge in [-0.1, -0.05) is 0 Å². The molecule has 1 saturated heterocycles. The van der Waals surface area contributed by atoms with E-state index in [-0.39, 0.29) is 0 Å². The molecule has 1 fully saturated rings. The van der Waals surface area contributed by atoms with Gasteiger partial charge in [0, 0.05) is 12.6 Å². The molecule has 0 aliphatic carbocycles. The van der Waals surface area contributed by atoms with Crippen LogP contribution < -0.4 is 5.32 Å². The lowest BCUT2D eigenvalue weighted by atomic mass is 10.1. The molecule has 2 atom stereocenters. The third kappa shape index (κ3) is 3.25. The molecule has 1 rings (SSSR count). The topological polar surface area (TPSA) is 24.5 Å². The molecule has 0 spiro atoms. The maximum Gasteiger partial charge on any atom is 0.0702 e. The quantitative estimate of drug-likeness (QED) is 0.640. The minimum Gasteiger partial charge on any atom is -0.377 e. The molecule has 3 nitrogen and oxygen atoms in total. The highest BCUT2D eigenvalue weighted by molar-refractivity contribution is 4.80. The molecule has 0 aromatic rings. The number of ether oxygens (including phenoxy) is 1. The summed E-state index contributed by atoms with van der Waals surface area (Å²) in [5, 5.41) is 3.17. The normalized spacial score (nSPS) is 28.6. The first-order valence-corrected chi connectivity index (χ1v) is 5.22. The Morgan fingerprint density at radius 2 is 2.31 bits per heavy atom. The summed E-state index contributed by atoms with van der Waals surface area (Å²) in [4.78, 5) is 2.43. The van der Waals surface area contributed by atoms with Crippen molar-refractivity contribution in [1.29, 1.82) is 0 Å². The monoisotopic (exact) mass is 186 g/mol. The molecule has 0 radical (unpaired) electrons. The Labute approximate surface area is 81.4 Å². The zero-order chi connectivity index (χ0) is 9.68. The van der Waals surface area contributed by atoms with E-state index in [2.05, 4.69) is 24.2 Å². The van der Waals surface area contributed by atoms with Gasteiger partial charge in [-0.15, -0.1) is 0 Å². The van der Waals surface area contributed by atoms with Crippen molar-refractivity contribution in [3.05, 3.63) is 0 Å². The van der Waals surface area contributed by atoms with Crippen molar-refractivity contribution in [3.8, 4) is 0 Å². The molecule has 1 heterocycles. The van der Waals surface area contributed by atoms with E-state index in [4.69, 9.17) is 4.74 Å². The van der Waals surface area contributed by atoms with Gasteiger partial charge in [-0.3, -0.25) is 0 Å². The molecule has 2 unspecified atom stereocenters. The van der Waals surface area contributed by atoms with Crippen LogP contribution in [0.4, 0.5) is 0 Å². The lowest BCUT2D eigenvalue weighted by Crippen LogP contribution is -2.38. The SMILES string of the molecule is CNCCCN(C)C1CCOC1C. The molecule has 78 valence electrons. The molecule has 0 aromatic heterocycles. The smallest absolute Gasteiger partial charge is 0.0702 e. The van der Waals surface area contributed by atoms with Gasteiger partial charge in [-0.05, 0) is 47.0 Å².